The van der Waals surface area contributed by atoms with Crippen LogP contribution in [0.3, 0.4) is 0 Å². The van der Waals surface area contributed by atoms with Crippen molar-refractivity contribution in [1.29, 1.82) is 0 Å². The molecule has 5 nitrogen and oxygen atoms in total. The highest BCUT2D eigenvalue weighted by Gasteiger charge is 2.17. The number of benzene rings is 1. The molecule has 0 saturated carbocycles. The Kier molecular flexibility index (Phi) is 3.81. The van der Waals surface area contributed by atoms with E-state index in [0.29, 0.717) is 17.1 Å². The fraction of sp³-hybridized carbons (Fsp3) is 0.188. The van der Waals surface area contributed by atoms with Gasteiger partial charge in [-0.25, -0.2) is 9.97 Å². The third-order valence-electron chi connectivity index (χ3n) is 3.53. The van der Waals surface area contributed by atoms with E-state index in [1.165, 1.54) is 6.33 Å². The molecular formula is C16H13ClN3O2-. The van der Waals surface area contributed by atoms with Crippen LogP contribution in [-0.4, -0.2) is 20.5 Å². The molecule has 22 heavy (non-hydrogen) atoms. The highest BCUT2D eigenvalue weighted by Crippen LogP contribution is 2.35. The third kappa shape index (κ3) is 2.44. The molecule has 3 rings (SSSR count). The van der Waals surface area contributed by atoms with E-state index in [9.17, 15) is 9.90 Å². The molecule has 0 radical (unpaired) electrons. The van der Waals surface area contributed by atoms with Gasteiger partial charge in [-0.1, -0.05) is 36.7 Å². The highest BCUT2D eigenvalue weighted by molar-refractivity contribution is 6.33. The average Bonchev–Trinajstić information content (AvgIpc) is 2.86. The van der Waals surface area contributed by atoms with Crippen molar-refractivity contribution in [3.05, 3.63) is 47.5 Å². The average molecular weight is 315 g/mol. The van der Waals surface area contributed by atoms with Crippen molar-refractivity contribution in [3.63, 3.8) is 0 Å². The Morgan fingerprint density at radius 2 is 2.05 bits per heavy atom. The summed E-state index contributed by atoms with van der Waals surface area (Å²) in [6, 6.07) is 7.43. The van der Waals surface area contributed by atoms with E-state index >= 15 is 0 Å². The second kappa shape index (κ2) is 5.77. The lowest BCUT2D eigenvalue weighted by molar-refractivity contribution is -0.306. The molecule has 0 atom stereocenters. The summed E-state index contributed by atoms with van der Waals surface area (Å²) in [5, 5.41) is 12.4. The molecule has 0 aliphatic rings. The first-order valence-corrected chi connectivity index (χ1v) is 7.27. The van der Waals surface area contributed by atoms with Crippen LogP contribution in [0.15, 0.2) is 36.8 Å². The van der Waals surface area contributed by atoms with E-state index in [0.717, 1.165) is 22.2 Å². The van der Waals surface area contributed by atoms with Gasteiger partial charge in [0, 0.05) is 27.7 Å². The smallest absolute Gasteiger partial charge is 0.144 e. The van der Waals surface area contributed by atoms with Crippen LogP contribution >= 0.6 is 11.6 Å². The molecule has 112 valence electrons. The lowest BCUT2D eigenvalue weighted by Gasteiger charge is -2.05. The molecule has 2 aromatic heterocycles. The van der Waals surface area contributed by atoms with Crippen LogP contribution in [0.5, 0.6) is 0 Å². The van der Waals surface area contributed by atoms with Crippen molar-refractivity contribution in [2.24, 2.45) is 0 Å². The first-order valence-electron chi connectivity index (χ1n) is 6.89. The van der Waals surface area contributed by atoms with Crippen molar-refractivity contribution in [3.8, 4) is 11.1 Å². The predicted molar refractivity (Wildman–Crippen MR) is 82.4 cm³/mol. The van der Waals surface area contributed by atoms with Gasteiger partial charge in [0.1, 0.15) is 12.0 Å². The van der Waals surface area contributed by atoms with E-state index in [4.69, 9.17) is 11.6 Å². The largest absolute Gasteiger partial charge is 0.548 e. The van der Waals surface area contributed by atoms with Crippen molar-refractivity contribution >= 4 is 28.6 Å². The van der Waals surface area contributed by atoms with Crippen LogP contribution in [0.25, 0.3) is 22.2 Å². The number of hydrogen-bond donors (Lipinski definition) is 0. The summed E-state index contributed by atoms with van der Waals surface area (Å²) in [6.07, 6.45) is 3.91. The summed E-state index contributed by atoms with van der Waals surface area (Å²) < 4.78 is 1.56. The number of fused-ring (bicyclic) bond motifs is 1. The summed E-state index contributed by atoms with van der Waals surface area (Å²) in [5.41, 5.74) is 3.10. The topological polar surface area (TPSA) is 70.8 Å². The molecule has 0 fully saturated rings. The minimum absolute atomic E-state index is 0.263. The van der Waals surface area contributed by atoms with E-state index in [1.807, 2.05) is 25.1 Å². The molecule has 0 N–H and O–H groups in total. The van der Waals surface area contributed by atoms with Crippen molar-refractivity contribution in [2.75, 3.05) is 0 Å². The van der Waals surface area contributed by atoms with Crippen LogP contribution in [0, 0.1) is 0 Å². The molecule has 2 heterocycles. The van der Waals surface area contributed by atoms with E-state index < -0.39 is 5.97 Å². The second-order valence-electron chi connectivity index (χ2n) is 4.90. The number of aliphatic carboxylic acids is 1. The monoisotopic (exact) mass is 314 g/mol. The molecule has 0 unspecified atom stereocenters. The molecule has 6 heteroatoms. The predicted octanol–water partition coefficient (Wildman–Crippen LogP) is 2.06. The first kappa shape index (κ1) is 14.5. The highest BCUT2D eigenvalue weighted by atomic mass is 35.5. The number of aryl methyl sites for hydroxylation is 1. The molecule has 1 aromatic carbocycles. The van der Waals surface area contributed by atoms with Gasteiger partial charge in [0.15, 0.2) is 0 Å². The minimum atomic E-state index is -1.17. The van der Waals surface area contributed by atoms with Gasteiger partial charge in [-0.2, -0.15) is 0 Å². The van der Waals surface area contributed by atoms with Crippen molar-refractivity contribution in [1.82, 2.24) is 14.5 Å². The van der Waals surface area contributed by atoms with Gasteiger partial charge in [0.2, 0.25) is 0 Å². The SMILES string of the molecule is CCc1ncnc2c1c(-c1ccccc1Cl)cn2CC(=O)[O-]. The molecule has 0 saturated heterocycles. The fourth-order valence-electron chi connectivity index (χ4n) is 2.60. The lowest BCUT2D eigenvalue weighted by atomic mass is 10.0. The Hall–Kier alpha value is -2.40. The number of carbonyl (C=O) groups is 1. The number of rotatable bonds is 4. The Labute approximate surface area is 132 Å². The molecule has 3 aromatic rings. The van der Waals surface area contributed by atoms with Gasteiger partial charge in [-0.3, -0.25) is 0 Å². The van der Waals surface area contributed by atoms with Gasteiger partial charge in [0.25, 0.3) is 0 Å². The zero-order chi connectivity index (χ0) is 15.7. The van der Waals surface area contributed by atoms with Gasteiger partial charge < -0.3 is 14.5 Å². The first-order chi connectivity index (χ1) is 10.6. The molecule has 0 aliphatic carbocycles. The van der Waals surface area contributed by atoms with Crippen molar-refractivity contribution in [2.45, 2.75) is 19.9 Å². The molecule has 0 spiro atoms. The summed E-state index contributed by atoms with van der Waals surface area (Å²) in [6.45, 7) is 1.73. The van der Waals surface area contributed by atoms with Gasteiger partial charge in [-0.05, 0) is 12.5 Å². The maximum Gasteiger partial charge on any atom is 0.144 e. The Balaban J connectivity index is 2.34. The minimum Gasteiger partial charge on any atom is -0.548 e. The molecule has 0 bridgehead atoms. The standard InChI is InChI=1S/C16H14ClN3O2/c1-2-13-15-11(10-5-3-4-6-12(10)17)7-20(8-14(21)22)16(15)19-9-18-13/h3-7,9H,2,8H2,1H3,(H,21,22)/p-1. The zero-order valence-electron chi connectivity index (χ0n) is 11.9. The zero-order valence-corrected chi connectivity index (χ0v) is 12.7. The number of carbonyl (C=O) groups excluding carboxylic acids is 1. The van der Waals surface area contributed by atoms with Crippen molar-refractivity contribution < 1.29 is 9.90 Å². The summed E-state index contributed by atoms with van der Waals surface area (Å²) in [4.78, 5) is 19.5. The Morgan fingerprint density at radius 1 is 1.27 bits per heavy atom. The maximum atomic E-state index is 11.0. The number of aromatic nitrogens is 3. The summed E-state index contributed by atoms with van der Waals surface area (Å²) in [7, 11) is 0. The number of hydrogen-bond acceptors (Lipinski definition) is 4. The molecule has 0 amide bonds. The number of nitrogens with zero attached hydrogens (tertiary/aromatic N) is 3. The van der Waals surface area contributed by atoms with E-state index in [1.54, 1.807) is 16.8 Å². The van der Waals surface area contributed by atoms with Gasteiger partial charge in [0.05, 0.1) is 18.2 Å². The maximum absolute atomic E-state index is 11.0. The van der Waals surface area contributed by atoms with Crippen LogP contribution in [-0.2, 0) is 17.8 Å². The van der Waals surface area contributed by atoms with Gasteiger partial charge in [-0.15, -0.1) is 0 Å². The Morgan fingerprint density at radius 3 is 2.73 bits per heavy atom. The lowest BCUT2D eigenvalue weighted by Crippen LogP contribution is -2.27. The summed E-state index contributed by atoms with van der Waals surface area (Å²) >= 11 is 6.29. The van der Waals surface area contributed by atoms with Crippen LogP contribution < -0.4 is 5.11 Å². The van der Waals surface area contributed by atoms with E-state index in [-0.39, 0.29) is 6.54 Å². The quantitative estimate of drug-likeness (QED) is 0.739. The van der Waals surface area contributed by atoms with E-state index in [2.05, 4.69) is 9.97 Å². The normalized spacial score (nSPS) is 11.0. The van der Waals surface area contributed by atoms with Crippen LogP contribution in [0.2, 0.25) is 5.02 Å². The molecule has 0 aliphatic heterocycles. The van der Waals surface area contributed by atoms with Crippen LogP contribution in [0.4, 0.5) is 0 Å². The number of carboxylic acid groups (broad SMARTS) is 1. The summed E-state index contributed by atoms with van der Waals surface area (Å²) in [5.74, 6) is -1.17. The van der Waals surface area contributed by atoms with Gasteiger partial charge >= 0.3 is 0 Å². The third-order valence-corrected chi connectivity index (χ3v) is 3.86. The number of halogens is 1. The molecular weight excluding hydrogens is 302 g/mol. The Bertz CT molecular complexity index is 858. The second-order valence-corrected chi connectivity index (χ2v) is 5.30. The number of carboxylic acids is 1. The fourth-order valence-corrected chi connectivity index (χ4v) is 2.84. The van der Waals surface area contributed by atoms with Crippen LogP contribution in [0.1, 0.15) is 12.6 Å².